The fourth-order valence-electron chi connectivity index (χ4n) is 3.95. The van der Waals surface area contributed by atoms with Crippen molar-refractivity contribution in [3.8, 4) is 17.1 Å². The van der Waals surface area contributed by atoms with Crippen molar-refractivity contribution < 1.29 is 4.74 Å². The molecule has 0 atom stereocenters. The molecule has 184 valence electrons. The van der Waals surface area contributed by atoms with E-state index in [4.69, 9.17) is 10.1 Å². The van der Waals surface area contributed by atoms with Crippen LogP contribution in [-0.2, 0) is 13.2 Å². The molecule has 0 aliphatic heterocycles. The number of aromatic nitrogens is 4. The average molecular weight is 490 g/mol. The molecular weight excluding hydrogens is 462 g/mol. The van der Waals surface area contributed by atoms with E-state index >= 15 is 0 Å². The van der Waals surface area contributed by atoms with Gasteiger partial charge in [-0.2, -0.15) is 0 Å². The quantitative estimate of drug-likeness (QED) is 0.233. The van der Waals surface area contributed by atoms with Crippen molar-refractivity contribution in [2.75, 3.05) is 12.4 Å². The van der Waals surface area contributed by atoms with Crippen LogP contribution in [0.5, 0.6) is 5.75 Å². The summed E-state index contributed by atoms with van der Waals surface area (Å²) in [4.78, 5) is 13.4. The lowest BCUT2D eigenvalue weighted by Gasteiger charge is -2.09. The number of rotatable bonds is 10. The number of anilines is 1. The van der Waals surface area contributed by atoms with E-state index in [2.05, 4.69) is 25.6 Å². The lowest BCUT2D eigenvalue weighted by atomic mass is 10.1. The van der Waals surface area contributed by atoms with Crippen LogP contribution in [0.3, 0.4) is 0 Å². The first kappa shape index (κ1) is 23.7. The van der Waals surface area contributed by atoms with E-state index in [1.165, 1.54) is 6.21 Å². The first-order valence-electron chi connectivity index (χ1n) is 11.9. The van der Waals surface area contributed by atoms with Crippen LogP contribution >= 0.6 is 0 Å². The van der Waals surface area contributed by atoms with Crippen molar-refractivity contribution in [1.29, 1.82) is 5.41 Å². The number of benzene rings is 2. The van der Waals surface area contributed by atoms with E-state index < -0.39 is 0 Å². The number of pyridine rings is 1. The average Bonchev–Trinajstić information content (AvgIpc) is 3.38. The summed E-state index contributed by atoms with van der Waals surface area (Å²) in [5.41, 5.74) is 6.45. The first-order valence-corrected chi connectivity index (χ1v) is 11.9. The molecule has 8 heteroatoms. The second-order valence-corrected chi connectivity index (χ2v) is 8.38. The minimum Gasteiger partial charge on any atom is -0.489 e. The Morgan fingerprint density at radius 1 is 0.973 bits per heavy atom. The Labute approximate surface area is 215 Å². The van der Waals surface area contributed by atoms with Crippen molar-refractivity contribution in [2.45, 2.75) is 13.2 Å². The number of nitrogens with one attached hydrogen (secondary N) is 3. The normalized spacial score (nSPS) is 11.3. The molecule has 0 saturated carbocycles. The Hall–Kier alpha value is -4.98. The molecule has 0 amide bonds. The molecular formula is C29H27N7O. The van der Waals surface area contributed by atoms with E-state index in [9.17, 15) is 0 Å². The Morgan fingerprint density at radius 2 is 1.81 bits per heavy atom. The molecule has 5 aromatic rings. The van der Waals surface area contributed by atoms with Crippen LogP contribution in [0.1, 0.15) is 16.7 Å². The van der Waals surface area contributed by atoms with Crippen LogP contribution in [0.25, 0.3) is 22.6 Å². The molecule has 2 aromatic carbocycles. The molecule has 0 bridgehead atoms. The van der Waals surface area contributed by atoms with Crippen molar-refractivity contribution in [1.82, 2.24) is 24.7 Å². The molecule has 0 radical (unpaired) electrons. The molecule has 0 fully saturated rings. The third-order valence-corrected chi connectivity index (χ3v) is 5.88. The molecule has 0 aliphatic carbocycles. The van der Waals surface area contributed by atoms with Gasteiger partial charge >= 0.3 is 0 Å². The maximum atomic E-state index is 7.57. The van der Waals surface area contributed by atoms with Crippen LogP contribution in [0, 0.1) is 5.41 Å². The van der Waals surface area contributed by atoms with E-state index in [-0.39, 0.29) is 0 Å². The molecule has 5 rings (SSSR count). The Balaban J connectivity index is 1.27. The Kier molecular flexibility index (Phi) is 7.17. The SMILES string of the molecule is CN/C=C(\C=N)c1ccc(CNc2cc(-c3cnc4cc(OCc5ccccc5)ccn34)ncn2)cc1. The summed E-state index contributed by atoms with van der Waals surface area (Å²) in [5.74, 6) is 1.49. The molecule has 3 N–H and O–H groups in total. The predicted octanol–water partition coefficient (Wildman–Crippen LogP) is 5.19. The second kappa shape index (κ2) is 11.2. The number of imidazole rings is 1. The minimum absolute atomic E-state index is 0.505. The standard InChI is InChI=1S/C29H27N7O/c1-31-17-24(15-30)23-9-7-21(8-10-23)16-32-28-14-26(34-20-35-28)27-18-33-29-13-25(11-12-36(27)29)37-19-22-5-3-2-4-6-22/h2-15,17-18,20,30-31H,16,19H2,1H3,(H,32,34,35)/b24-17+,30-15?. The van der Waals surface area contributed by atoms with Gasteiger partial charge in [0.2, 0.25) is 0 Å². The zero-order valence-corrected chi connectivity index (χ0v) is 20.4. The number of fused-ring (bicyclic) bond motifs is 1. The van der Waals surface area contributed by atoms with Gasteiger partial charge in [0.25, 0.3) is 0 Å². The van der Waals surface area contributed by atoms with Crippen molar-refractivity contribution in [3.63, 3.8) is 0 Å². The van der Waals surface area contributed by atoms with Gasteiger partial charge in [0.1, 0.15) is 30.1 Å². The minimum atomic E-state index is 0.505. The molecule has 8 nitrogen and oxygen atoms in total. The largest absolute Gasteiger partial charge is 0.489 e. The third kappa shape index (κ3) is 5.65. The summed E-state index contributed by atoms with van der Waals surface area (Å²) in [7, 11) is 1.82. The van der Waals surface area contributed by atoms with Gasteiger partial charge in [0, 0.05) is 49.9 Å². The van der Waals surface area contributed by atoms with E-state index in [0.717, 1.165) is 50.9 Å². The maximum Gasteiger partial charge on any atom is 0.140 e. The zero-order chi connectivity index (χ0) is 25.5. The highest BCUT2D eigenvalue weighted by Crippen LogP contribution is 2.24. The van der Waals surface area contributed by atoms with Gasteiger partial charge in [-0.3, -0.25) is 4.40 Å². The number of ether oxygens (including phenoxy) is 1. The zero-order valence-electron chi connectivity index (χ0n) is 20.4. The monoisotopic (exact) mass is 489 g/mol. The fourth-order valence-corrected chi connectivity index (χ4v) is 3.95. The molecule has 3 heterocycles. The lowest BCUT2D eigenvalue weighted by molar-refractivity contribution is 0.306. The number of nitrogens with zero attached hydrogens (tertiary/aromatic N) is 4. The van der Waals surface area contributed by atoms with Gasteiger partial charge in [-0.1, -0.05) is 54.6 Å². The van der Waals surface area contributed by atoms with E-state index in [1.54, 1.807) is 18.7 Å². The van der Waals surface area contributed by atoms with Gasteiger partial charge in [0.15, 0.2) is 0 Å². The van der Waals surface area contributed by atoms with Gasteiger partial charge in [-0.25, -0.2) is 15.0 Å². The topological polar surface area (TPSA) is 100 Å². The van der Waals surface area contributed by atoms with Crippen LogP contribution in [0.4, 0.5) is 5.82 Å². The maximum absolute atomic E-state index is 7.57. The van der Waals surface area contributed by atoms with E-state index in [1.807, 2.05) is 90.4 Å². The molecule has 3 aromatic heterocycles. The summed E-state index contributed by atoms with van der Waals surface area (Å²) in [6.45, 7) is 1.12. The summed E-state index contributed by atoms with van der Waals surface area (Å²) in [6, 6.07) is 23.9. The predicted molar refractivity (Wildman–Crippen MR) is 147 cm³/mol. The van der Waals surface area contributed by atoms with Crippen LogP contribution < -0.4 is 15.4 Å². The third-order valence-electron chi connectivity index (χ3n) is 5.88. The van der Waals surface area contributed by atoms with Gasteiger partial charge in [-0.05, 0) is 22.8 Å². The van der Waals surface area contributed by atoms with Crippen LogP contribution in [0.15, 0.2) is 97.7 Å². The Bertz CT molecular complexity index is 1530. The van der Waals surface area contributed by atoms with Crippen LogP contribution in [0.2, 0.25) is 0 Å². The molecule has 0 saturated heterocycles. The lowest BCUT2D eigenvalue weighted by Crippen LogP contribution is -2.03. The van der Waals surface area contributed by atoms with Crippen molar-refractivity contribution in [3.05, 3.63) is 114 Å². The van der Waals surface area contributed by atoms with Gasteiger partial charge < -0.3 is 20.8 Å². The molecule has 0 aliphatic rings. The van der Waals surface area contributed by atoms with Crippen LogP contribution in [-0.4, -0.2) is 32.6 Å². The summed E-state index contributed by atoms with van der Waals surface area (Å²) < 4.78 is 7.93. The highest BCUT2D eigenvalue weighted by atomic mass is 16.5. The first-order chi connectivity index (χ1) is 18.2. The summed E-state index contributed by atoms with van der Waals surface area (Å²) >= 11 is 0. The van der Waals surface area contributed by atoms with Gasteiger partial charge in [-0.15, -0.1) is 0 Å². The number of allylic oxidation sites excluding steroid dienone is 1. The highest BCUT2D eigenvalue weighted by molar-refractivity contribution is 6.08. The highest BCUT2D eigenvalue weighted by Gasteiger charge is 2.10. The fraction of sp³-hybridized carbons (Fsp3) is 0.103. The van der Waals surface area contributed by atoms with E-state index in [0.29, 0.717) is 13.2 Å². The number of hydrogen-bond acceptors (Lipinski definition) is 7. The van der Waals surface area contributed by atoms with Gasteiger partial charge in [0.05, 0.1) is 17.6 Å². The molecule has 37 heavy (non-hydrogen) atoms. The summed E-state index contributed by atoms with van der Waals surface area (Å²) in [5, 5.41) is 13.9. The Morgan fingerprint density at radius 3 is 2.59 bits per heavy atom. The van der Waals surface area contributed by atoms with Crippen molar-refractivity contribution >= 4 is 23.3 Å². The second-order valence-electron chi connectivity index (χ2n) is 8.38. The van der Waals surface area contributed by atoms with Crippen molar-refractivity contribution in [2.24, 2.45) is 0 Å². The smallest absolute Gasteiger partial charge is 0.140 e. The molecule has 0 unspecified atom stereocenters. The number of hydrogen-bond donors (Lipinski definition) is 3. The summed E-state index contributed by atoms with van der Waals surface area (Å²) in [6.07, 6.45) is 8.45. The molecule has 0 spiro atoms.